The van der Waals surface area contributed by atoms with E-state index in [1.54, 1.807) is 0 Å². The maximum absolute atomic E-state index is 5.54. The van der Waals surface area contributed by atoms with Crippen molar-refractivity contribution in [3.05, 3.63) is 54.1 Å². The topological polar surface area (TPSA) is 30.5 Å². The summed E-state index contributed by atoms with van der Waals surface area (Å²) in [6.45, 7) is 3.57. The highest BCUT2D eigenvalue weighted by Crippen LogP contribution is 2.21. The van der Waals surface area contributed by atoms with Gasteiger partial charge in [0.25, 0.3) is 0 Å². The molecule has 2 aromatic carbocycles. The van der Waals surface area contributed by atoms with Crippen LogP contribution < -0.4 is 14.8 Å². The largest absolute Gasteiger partial charge is 0.494 e. The quantitative estimate of drug-likeness (QED) is 0.785. The van der Waals surface area contributed by atoms with Gasteiger partial charge in [-0.05, 0) is 25.1 Å². The molecule has 2 rings (SSSR count). The van der Waals surface area contributed by atoms with Crippen molar-refractivity contribution >= 4 is 5.69 Å². The van der Waals surface area contributed by atoms with Crippen LogP contribution in [0.15, 0.2) is 48.5 Å². The van der Waals surface area contributed by atoms with Gasteiger partial charge in [0.2, 0.25) is 0 Å². The summed E-state index contributed by atoms with van der Waals surface area (Å²) in [5, 5.41) is 3.36. The van der Waals surface area contributed by atoms with Crippen molar-refractivity contribution in [3.63, 3.8) is 0 Å². The molecule has 0 aliphatic carbocycles. The van der Waals surface area contributed by atoms with Crippen LogP contribution in [-0.4, -0.2) is 13.2 Å². The fourth-order valence-corrected chi connectivity index (χ4v) is 1.97. The van der Waals surface area contributed by atoms with Crippen LogP contribution in [0.5, 0.6) is 11.5 Å². The van der Waals surface area contributed by atoms with Crippen molar-refractivity contribution in [2.24, 2.45) is 0 Å². The predicted molar refractivity (Wildman–Crippen MR) is 85.7 cm³/mol. The molecule has 0 spiro atoms. The van der Waals surface area contributed by atoms with Gasteiger partial charge >= 0.3 is 0 Å². The van der Waals surface area contributed by atoms with Gasteiger partial charge in [-0.3, -0.25) is 0 Å². The molecule has 0 saturated heterocycles. The molecule has 0 aromatic heterocycles. The lowest BCUT2D eigenvalue weighted by atomic mass is 10.2. The van der Waals surface area contributed by atoms with E-state index in [2.05, 4.69) is 11.2 Å². The minimum absolute atomic E-state index is 0.275. The van der Waals surface area contributed by atoms with Crippen LogP contribution in [-0.2, 0) is 6.54 Å². The lowest BCUT2D eigenvalue weighted by molar-refractivity contribution is 0.340. The SMILES string of the molecule is C#CCOc1ccccc1CNc1cccc(OCC)c1. The highest BCUT2D eigenvalue weighted by molar-refractivity contribution is 5.49. The highest BCUT2D eigenvalue weighted by atomic mass is 16.5. The summed E-state index contributed by atoms with van der Waals surface area (Å²) in [6.07, 6.45) is 5.23. The van der Waals surface area contributed by atoms with Crippen molar-refractivity contribution < 1.29 is 9.47 Å². The summed E-state index contributed by atoms with van der Waals surface area (Å²) in [5.74, 6) is 4.15. The number of hydrogen-bond acceptors (Lipinski definition) is 3. The van der Waals surface area contributed by atoms with E-state index in [-0.39, 0.29) is 6.61 Å². The standard InChI is InChI=1S/C18H19NO2/c1-3-12-21-18-11-6-5-8-15(18)14-19-16-9-7-10-17(13-16)20-4-2/h1,5-11,13,19H,4,12,14H2,2H3. The Labute approximate surface area is 125 Å². The number of ether oxygens (including phenoxy) is 2. The second-order valence-corrected chi connectivity index (χ2v) is 4.41. The summed E-state index contributed by atoms with van der Waals surface area (Å²) in [7, 11) is 0. The number of hydrogen-bond donors (Lipinski definition) is 1. The molecule has 3 heteroatoms. The third-order valence-electron chi connectivity index (χ3n) is 2.91. The average molecular weight is 281 g/mol. The summed E-state index contributed by atoms with van der Waals surface area (Å²) < 4.78 is 11.0. The molecular formula is C18H19NO2. The number of terminal acetylenes is 1. The maximum atomic E-state index is 5.54. The first-order valence-electron chi connectivity index (χ1n) is 6.94. The minimum atomic E-state index is 0.275. The molecule has 0 bridgehead atoms. The Hall–Kier alpha value is -2.60. The van der Waals surface area contributed by atoms with Crippen LogP contribution in [0, 0.1) is 12.3 Å². The smallest absolute Gasteiger partial charge is 0.148 e. The van der Waals surface area contributed by atoms with Crippen LogP contribution >= 0.6 is 0 Å². The molecule has 0 radical (unpaired) electrons. The lowest BCUT2D eigenvalue weighted by Crippen LogP contribution is -2.03. The zero-order valence-electron chi connectivity index (χ0n) is 12.1. The molecule has 0 fully saturated rings. The Bertz CT molecular complexity index is 617. The van der Waals surface area contributed by atoms with Gasteiger partial charge in [-0.2, -0.15) is 0 Å². The third kappa shape index (κ3) is 4.47. The fourth-order valence-electron chi connectivity index (χ4n) is 1.97. The van der Waals surface area contributed by atoms with Gasteiger partial charge in [-0.25, -0.2) is 0 Å². The first-order valence-corrected chi connectivity index (χ1v) is 6.94. The molecule has 0 aliphatic heterocycles. The van der Waals surface area contributed by atoms with Crippen LogP contribution in [0.4, 0.5) is 5.69 Å². The Kier molecular flexibility index (Phi) is 5.54. The molecule has 108 valence electrons. The highest BCUT2D eigenvalue weighted by Gasteiger charge is 2.03. The zero-order valence-corrected chi connectivity index (χ0v) is 12.1. The van der Waals surface area contributed by atoms with Gasteiger partial charge in [-0.15, -0.1) is 6.42 Å². The van der Waals surface area contributed by atoms with Gasteiger partial charge in [-0.1, -0.05) is 30.2 Å². The van der Waals surface area contributed by atoms with Crippen molar-refractivity contribution in [2.75, 3.05) is 18.5 Å². The first-order chi connectivity index (χ1) is 10.3. The molecule has 0 saturated carbocycles. The van der Waals surface area contributed by atoms with E-state index in [9.17, 15) is 0 Å². The first kappa shape index (κ1) is 14.8. The molecule has 0 unspecified atom stereocenters. The molecular weight excluding hydrogens is 262 g/mol. The van der Waals surface area contributed by atoms with E-state index in [0.29, 0.717) is 13.2 Å². The zero-order chi connectivity index (χ0) is 14.9. The summed E-state index contributed by atoms with van der Waals surface area (Å²) in [4.78, 5) is 0. The van der Waals surface area contributed by atoms with Crippen molar-refractivity contribution in [1.29, 1.82) is 0 Å². The number of rotatable bonds is 7. The van der Waals surface area contributed by atoms with Crippen LogP contribution in [0.25, 0.3) is 0 Å². The molecule has 0 aliphatic rings. The molecule has 0 heterocycles. The Balaban J connectivity index is 2.02. The van der Waals surface area contributed by atoms with Gasteiger partial charge < -0.3 is 14.8 Å². The number of nitrogens with one attached hydrogen (secondary N) is 1. The van der Waals surface area contributed by atoms with Crippen molar-refractivity contribution in [3.8, 4) is 23.8 Å². The van der Waals surface area contributed by atoms with Crippen LogP contribution in [0.1, 0.15) is 12.5 Å². The van der Waals surface area contributed by atoms with E-state index >= 15 is 0 Å². The van der Waals surface area contributed by atoms with Gasteiger partial charge in [0.1, 0.15) is 18.1 Å². The Morgan fingerprint density at radius 2 is 1.95 bits per heavy atom. The Morgan fingerprint density at radius 3 is 2.76 bits per heavy atom. The van der Waals surface area contributed by atoms with Gasteiger partial charge in [0.05, 0.1) is 6.61 Å². The Morgan fingerprint density at radius 1 is 1.10 bits per heavy atom. The number of para-hydroxylation sites is 1. The maximum Gasteiger partial charge on any atom is 0.148 e. The molecule has 2 aromatic rings. The third-order valence-corrected chi connectivity index (χ3v) is 2.91. The molecule has 21 heavy (non-hydrogen) atoms. The second kappa shape index (κ2) is 7.86. The monoisotopic (exact) mass is 281 g/mol. The number of anilines is 1. The van der Waals surface area contributed by atoms with Crippen molar-refractivity contribution in [1.82, 2.24) is 0 Å². The van der Waals surface area contributed by atoms with E-state index in [4.69, 9.17) is 15.9 Å². The van der Waals surface area contributed by atoms with Gasteiger partial charge in [0, 0.05) is 23.9 Å². The van der Waals surface area contributed by atoms with Crippen LogP contribution in [0.3, 0.4) is 0 Å². The average Bonchev–Trinajstić information content (AvgIpc) is 2.52. The second-order valence-electron chi connectivity index (χ2n) is 4.41. The lowest BCUT2D eigenvalue weighted by Gasteiger charge is -2.12. The molecule has 3 nitrogen and oxygen atoms in total. The summed E-state index contributed by atoms with van der Waals surface area (Å²) >= 11 is 0. The van der Waals surface area contributed by atoms with E-state index in [0.717, 1.165) is 22.7 Å². The predicted octanol–water partition coefficient (Wildman–Crippen LogP) is 3.71. The molecule has 0 atom stereocenters. The van der Waals surface area contributed by atoms with E-state index in [1.807, 2.05) is 55.5 Å². The van der Waals surface area contributed by atoms with Gasteiger partial charge in [0.15, 0.2) is 0 Å². The number of benzene rings is 2. The van der Waals surface area contributed by atoms with E-state index < -0.39 is 0 Å². The summed E-state index contributed by atoms with van der Waals surface area (Å²) in [6, 6.07) is 15.8. The minimum Gasteiger partial charge on any atom is -0.494 e. The molecule has 1 N–H and O–H groups in total. The van der Waals surface area contributed by atoms with Crippen LogP contribution in [0.2, 0.25) is 0 Å². The van der Waals surface area contributed by atoms with E-state index in [1.165, 1.54) is 0 Å². The van der Waals surface area contributed by atoms with Crippen molar-refractivity contribution in [2.45, 2.75) is 13.5 Å². The molecule has 0 amide bonds. The normalized spacial score (nSPS) is 9.71. The summed E-state index contributed by atoms with van der Waals surface area (Å²) in [5.41, 5.74) is 2.07. The fraction of sp³-hybridized carbons (Fsp3) is 0.222.